The third-order valence-electron chi connectivity index (χ3n) is 1.70. The maximum absolute atomic E-state index is 11.4. The summed E-state index contributed by atoms with van der Waals surface area (Å²) in [7, 11) is 0. The normalized spacial score (nSPS) is 11.0. The van der Waals surface area contributed by atoms with Gasteiger partial charge >= 0.3 is 5.97 Å². The molecule has 0 bridgehead atoms. The number of esters is 1. The quantitative estimate of drug-likeness (QED) is 0.867. The summed E-state index contributed by atoms with van der Waals surface area (Å²) in [5.41, 5.74) is 0.465. The molecule has 1 N–H and O–H groups in total. The lowest BCUT2D eigenvalue weighted by molar-refractivity contribution is -0.152. The summed E-state index contributed by atoms with van der Waals surface area (Å²) in [6.07, 6.45) is 0. The molecule has 0 atom stereocenters. The number of carbonyl (C=O) groups excluding carboxylic acids is 1. The number of nitrogens with one attached hydrogen (secondary N) is 1. The number of carbonyl (C=O) groups is 1. The van der Waals surface area contributed by atoms with Gasteiger partial charge in [-0.15, -0.1) is 0 Å². The molecule has 1 aromatic rings. The Labute approximate surface area is 104 Å². The first-order valence-electron chi connectivity index (χ1n) is 5.08. The van der Waals surface area contributed by atoms with E-state index in [2.05, 4.69) is 21.2 Å². The van der Waals surface area contributed by atoms with Gasteiger partial charge in [-0.3, -0.25) is 4.79 Å². The molecule has 0 aromatic heterocycles. The number of hydrogen-bond acceptors (Lipinski definition) is 3. The van der Waals surface area contributed by atoms with E-state index >= 15 is 0 Å². The van der Waals surface area contributed by atoms with Gasteiger partial charge in [-0.05, 0) is 45.0 Å². The van der Waals surface area contributed by atoms with E-state index < -0.39 is 5.60 Å². The molecule has 0 fully saturated rings. The van der Waals surface area contributed by atoms with E-state index in [1.807, 2.05) is 45.0 Å². The Morgan fingerprint density at radius 1 is 1.31 bits per heavy atom. The fraction of sp³-hybridized carbons (Fsp3) is 0.417. The fourth-order valence-corrected chi connectivity index (χ4v) is 1.38. The van der Waals surface area contributed by atoms with Gasteiger partial charge in [0, 0.05) is 10.2 Å². The molecule has 0 amide bonds. The molecule has 3 nitrogen and oxygen atoms in total. The summed E-state index contributed by atoms with van der Waals surface area (Å²) in [5.74, 6) is -0.254. The summed E-state index contributed by atoms with van der Waals surface area (Å²) >= 11 is 3.35. The van der Waals surface area contributed by atoms with Crippen molar-refractivity contribution in [2.45, 2.75) is 26.4 Å². The number of ether oxygens (including phenoxy) is 1. The average molecular weight is 286 g/mol. The van der Waals surface area contributed by atoms with Crippen LogP contribution in [0.25, 0.3) is 0 Å². The molecule has 0 radical (unpaired) electrons. The zero-order valence-corrected chi connectivity index (χ0v) is 11.3. The molecule has 0 aliphatic carbocycles. The van der Waals surface area contributed by atoms with Gasteiger partial charge in [0.25, 0.3) is 0 Å². The van der Waals surface area contributed by atoms with Gasteiger partial charge in [-0.2, -0.15) is 0 Å². The molecule has 4 heteroatoms. The standard InChI is InChI=1S/C12H16BrNO2/c1-12(2,3)16-11(15)8-14-10-6-4-9(13)5-7-10/h4-7,14H,8H2,1-3H3. The zero-order chi connectivity index (χ0) is 12.2. The lowest BCUT2D eigenvalue weighted by Gasteiger charge is -2.19. The summed E-state index contributed by atoms with van der Waals surface area (Å²) in [6, 6.07) is 7.62. The summed E-state index contributed by atoms with van der Waals surface area (Å²) in [4.78, 5) is 11.4. The van der Waals surface area contributed by atoms with Gasteiger partial charge in [-0.1, -0.05) is 15.9 Å². The topological polar surface area (TPSA) is 38.3 Å². The van der Waals surface area contributed by atoms with Crippen molar-refractivity contribution >= 4 is 27.6 Å². The second kappa shape index (κ2) is 5.34. The first-order valence-corrected chi connectivity index (χ1v) is 5.87. The van der Waals surface area contributed by atoms with Crippen molar-refractivity contribution in [1.82, 2.24) is 0 Å². The SMILES string of the molecule is CC(C)(C)OC(=O)CNc1ccc(Br)cc1. The van der Waals surface area contributed by atoms with Crippen molar-refractivity contribution in [3.05, 3.63) is 28.7 Å². The predicted molar refractivity (Wildman–Crippen MR) is 68.5 cm³/mol. The first-order chi connectivity index (χ1) is 7.37. The van der Waals surface area contributed by atoms with Crippen LogP contribution < -0.4 is 5.32 Å². The third-order valence-corrected chi connectivity index (χ3v) is 2.23. The van der Waals surface area contributed by atoms with Crippen LogP contribution in [-0.4, -0.2) is 18.1 Å². The second-order valence-electron chi connectivity index (χ2n) is 4.45. The minimum absolute atomic E-state index is 0.179. The molecule has 88 valence electrons. The van der Waals surface area contributed by atoms with Gasteiger partial charge in [0.2, 0.25) is 0 Å². The molecule has 0 unspecified atom stereocenters. The minimum Gasteiger partial charge on any atom is -0.459 e. The van der Waals surface area contributed by atoms with Crippen LogP contribution in [0.2, 0.25) is 0 Å². The van der Waals surface area contributed by atoms with Crippen molar-refractivity contribution in [2.24, 2.45) is 0 Å². The molecule has 0 spiro atoms. The van der Waals surface area contributed by atoms with Crippen molar-refractivity contribution in [2.75, 3.05) is 11.9 Å². The fourth-order valence-electron chi connectivity index (χ4n) is 1.12. The lowest BCUT2D eigenvalue weighted by Crippen LogP contribution is -2.28. The second-order valence-corrected chi connectivity index (χ2v) is 5.36. The van der Waals surface area contributed by atoms with Gasteiger partial charge in [0.05, 0.1) is 0 Å². The number of anilines is 1. The number of hydrogen-bond donors (Lipinski definition) is 1. The van der Waals surface area contributed by atoms with Gasteiger partial charge < -0.3 is 10.1 Å². The Balaban J connectivity index is 2.40. The zero-order valence-electron chi connectivity index (χ0n) is 9.71. The monoisotopic (exact) mass is 285 g/mol. The molecule has 1 aromatic carbocycles. The van der Waals surface area contributed by atoms with E-state index in [-0.39, 0.29) is 12.5 Å². The van der Waals surface area contributed by atoms with Crippen LogP contribution in [0.1, 0.15) is 20.8 Å². The molecular weight excluding hydrogens is 270 g/mol. The molecule has 0 aliphatic rings. The van der Waals surface area contributed by atoms with Gasteiger partial charge in [0.15, 0.2) is 0 Å². The van der Waals surface area contributed by atoms with E-state index in [1.54, 1.807) is 0 Å². The average Bonchev–Trinajstić information content (AvgIpc) is 2.14. The lowest BCUT2D eigenvalue weighted by atomic mass is 10.2. The molecule has 0 heterocycles. The van der Waals surface area contributed by atoms with Crippen LogP contribution in [0, 0.1) is 0 Å². The largest absolute Gasteiger partial charge is 0.459 e. The highest BCUT2D eigenvalue weighted by molar-refractivity contribution is 9.10. The van der Waals surface area contributed by atoms with Gasteiger partial charge in [-0.25, -0.2) is 0 Å². The molecule has 16 heavy (non-hydrogen) atoms. The maximum atomic E-state index is 11.4. The minimum atomic E-state index is -0.432. The van der Waals surface area contributed by atoms with E-state index in [0.717, 1.165) is 10.2 Å². The van der Waals surface area contributed by atoms with Gasteiger partial charge in [0.1, 0.15) is 12.1 Å². The molecule has 0 aliphatic heterocycles. The Hall–Kier alpha value is -1.03. The predicted octanol–water partition coefficient (Wildman–Crippen LogP) is 3.20. The molecule has 1 rings (SSSR count). The van der Waals surface area contributed by atoms with E-state index in [1.165, 1.54) is 0 Å². The smallest absolute Gasteiger partial charge is 0.325 e. The van der Waals surface area contributed by atoms with E-state index in [0.29, 0.717) is 0 Å². The Kier molecular flexibility index (Phi) is 4.35. The van der Waals surface area contributed by atoms with Crippen LogP contribution in [0.5, 0.6) is 0 Å². The third kappa shape index (κ3) is 5.16. The van der Waals surface area contributed by atoms with E-state index in [9.17, 15) is 4.79 Å². The van der Waals surface area contributed by atoms with Crippen LogP contribution in [0.3, 0.4) is 0 Å². The summed E-state index contributed by atoms with van der Waals surface area (Å²) in [6.45, 7) is 5.73. The van der Waals surface area contributed by atoms with Crippen molar-refractivity contribution in [3.8, 4) is 0 Å². The maximum Gasteiger partial charge on any atom is 0.325 e. The van der Waals surface area contributed by atoms with Crippen LogP contribution in [0.15, 0.2) is 28.7 Å². The Morgan fingerprint density at radius 3 is 2.38 bits per heavy atom. The highest BCUT2D eigenvalue weighted by atomic mass is 79.9. The highest BCUT2D eigenvalue weighted by Gasteiger charge is 2.15. The molecular formula is C12H16BrNO2. The van der Waals surface area contributed by atoms with Crippen LogP contribution in [0.4, 0.5) is 5.69 Å². The molecule has 0 saturated heterocycles. The van der Waals surface area contributed by atoms with Crippen molar-refractivity contribution in [3.63, 3.8) is 0 Å². The summed E-state index contributed by atoms with van der Waals surface area (Å²) in [5, 5.41) is 3.00. The Bertz CT molecular complexity index is 354. The first kappa shape index (κ1) is 13.0. The highest BCUT2D eigenvalue weighted by Crippen LogP contribution is 2.14. The molecule has 0 saturated carbocycles. The van der Waals surface area contributed by atoms with Crippen LogP contribution in [-0.2, 0) is 9.53 Å². The van der Waals surface area contributed by atoms with Crippen molar-refractivity contribution in [1.29, 1.82) is 0 Å². The van der Waals surface area contributed by atoms with Crippen LogP contribution >= 0.6 is 15.9 Å². The number of rotatable bonds is 3. The summed E-state index contributed by atoms with van der Waals surface area (Å²) < 4.78 is 6.18. The van der Waals surface area contributed by atoms with Crippen molar-refractivity contribution < 1.29 is 9.53 Å². The van der Waals surface area contributed by atoms with E-state index in [4.69, 9.17) is 4.74 Å². The number of halogens is 1. The Morgan fingerprint density at radius 2 is 1.88 bits per heavy atom. The number of benzene rings is 1.